The Morgan fingerprint density at radius 2 is 1.96 bits per heavy atom. The van der Waals surface area contributed by atoms with Crippen LogP contribution >= 0.6 is 0 Å². The molecule has 1 fully saturated rings. The SMILES string of the molecule is O=c1cc(-c2ccco2)oc2ccc(O)c(C[NH+]3CCOCC3)c12. The van der Waals surface area contributed by atoms with E-state index in [1.807, 2.05) is 0 Å². The highest BCUT2D eigenvalue weighted by atomic mass is 16.5. The highest BCUT2D eigenvalue weighted by Gasteiger charge is 2.21. The molecule has 0 atom stereocenters. The van der Waals surface area contributed by atoms with Crippen molar-refractivity contribution >= 4 is 11.0 Å². The summed E-state index contributed by atoms with van der Waals surface area (Å²) < 4.78 is 16.5. The van der Waals surface area contributed by atoms with Gasteiger partial charge in [0.05, 0.1) is 30.4 Å². The zero-order valence-electron chi connectivity index (χ0n) is 13.1. The number of furan rings is 1. The van der Waals surface area contributed by atoms with Gasteiger partial charge in [0.25, 0.3) is 0 Å². The molecule has 0 saturated carbocycles. The van der Waals surface area contributed by atoms with Crippen LogP contribution in [0.1, 0.15) is 5.56 Å². The zero-order chi connectivity index (χ0) is 16.5. The lowest BCUT2D eigenvalue weighted by Gasteiger charge is -2.24. The van der Waals surface area contributed by atoms with E-state index in [-0.39, 0.29) is 11.2 Å². The lowest BCUT2D eigenvalue weighted by Crippen LogP contribution is -3.12. The molecule has 3 aromatic rings. The van der Waals surface area contributed by atoms with Crippen LogP contribution in [0, 0.1) is 0 Å². The fourth-order valence-corrected chi connectivity index (χ4v) is 3.12. The molecule has 6 heteroatoms. The molecule has 0 aliphatic carbocycles. The molecule has 6 nitrogen and oxygen atoms in total. The predicted octanol–water partition coefficient (Wildman–Crippen LogP) is 1.17. The van der Waals surface area contributed by atoms with Crippen LogP contribution in [-0.2, 0) is 11.3 Å². The number of nitrogens with one attached hydrogen (secondary N) is 1. The van der Waals surface area contributed by atoms with Gasteiger partial charge in [-0.3, -0.25) is 4.79 Å². The first-order valence-electron chi connectivity index (χ1n) is 7.96. The first kappa shape index (κ1) is 15.0. The number of ether oxygens (including phenoxy) is 1. The molecule has 1 aromatic carbocycles. The smallest absolute Gasteiger partial charge is 0.194 e. The minimum atomic E-state index is -0.179. The van der Waals surface area contributed by atoms with Crippen molar-refractivity contribution < 1.29 is 23.6 Å². The third-order valence-electron chi connectivity index (χ3n) is 4.37. The van der Waals surface area contributed by atoms with Crippen molar-refractivity contribution in [1.82, 2.24) is 0 Å². The minimum Gasteiger partial charge on any atom is -0.507 e. The van der Waals surface area contributed by atoms with E-state index in [1.165, 1.54) is 17.2 Å². The van der Waals surface area contributed by atoms with Crippen LogP contribution in [0.25, 0.3) is 22.5 Å². The maximum absolute atomic E-state index is 12.7. The lowest BCUT2D eigenvalue weighted by molar-refractivity contribution is -0.921. The van der Waals surface area contributed by atoms with E-state index in [1.54, 1.807) is 24.3 Å². The van der Waals surface area contributed by atoms with E-state index in [0.717, 1.165) is 13.1 Å². The molecule has 3 heterocycles. The number of hydrogen-bond acceptors (Lipinski definition) is 5. The first-order chi connectivity index (χ1) is 11.7. The Morgan fingerprint density at radius 1 is 1.12 bits per heavy atom. The maximum atomic E-state index is 12.7. The molecule has 124 valence electrons. The van der Waals surface area contributed by atoms with Crippen LogP contribution in [0.15, 0.2) is 50.2 Å². The van der Waals surface area contributed by atoms with Crippen LogP contribution in [0.4, 0.5) is 0 Å². The lowest BCUT2D eigenvalue weighted by atomic mass is 10.1. The van der Waals surface area contributed by atoms with Gasteiger partial charge in [-0.1, -0.05) is 0 Å². The van der Waals surface area contributed by atoms with Crippen molar-refractivity contribution in [3.63, 3.8) is 0 Å². The molecule has 0 radical (unpaired) electrons. The second-order valence-electron chi connectivity index (χ2n) is 5.93. The molecule has 0 spiro atoms. The standard InChI is InChI=1S/C18H17NO5/c20-13-3-4-16-18(12(13)11-19-5-8-22-9-6-19)14(21)10-17(24-16)15-2-1-7-23-15/h1-4,7,10,20H,5-6,8-9,11H2/p+1. The van der Waals surface area contributed by atoms with Crippen LogP contribution < -0.4 is 10.3 Å². The first-order valence-corrected chi connectivity index (χ1v) is 7.96. The molecular formula is C18H18NO5+. The van der Waals surface area contributed by atoms with E-state index in [4.69, 9.17) is 13.6 Å². The van der Waals surface area contributed by atoms with Crippen LogP contribution in [0.2, 0.25) is 0 Å². The average Bonchev–Trinajstić information content (AvgIpc) is 3.13. The summed E-state index contributed by atoms with van der Waals surface area (Å²) >= 11 is 0. The monoisotopic (exact) mass is 328 g/mol. The number of rotatable bonds is 3. The predicted molar refractivity (Wildman–Crippen MR) is 87.1 cm³/mol. The molecule has 1 saturated heterocycles. The Bertz CT molecular complexity index is 907. The number of morpholine rings is 1. The fraction of sp³-hybridized carbons (Fsp3) is 0.278. The summed E-state index contributed by atoms with van der Waals surface area (Å²) in [5.41, 5.74) is 0.903. The van der Waals surface area contributed by atoms with Gasteiger partial charge >= 0.3 is 0 Å². The average molecular weight is 328 g/mol. The summed E-state index contributed by atoms with van der Waals surface area (Å²) in [6, 6.07) is 8.09. The van der Waals surface area contributed by atoms with Gasteiger partial charge < -0.3 is 23.6 Å². The van der Waals surface area contributed by atoms with Crippen molar-refractivity contribution in [1.29, 1.82) is 0 Å². The third-order valence-corrected chi connectivity index (χ3v) is 4.37. The summed E-state index contributed by atoms with van der Waals surface area (Å²) in [4.78, 5) is 13.9. The van der Waals surface area contributed by atoms with Crippen LogP contribution in [0.3, 0.4) is 0 Å². The Labute approximate surface area is 137 Å². The number of hydrogen-bond donors (Lipinski definition) is 2. The molecule has 4 rings (SSSR count). The van der Waals surface area contributed by atoms with E-state index >= 15 is 0 Å². The Morgan fingerprint density at radius 3 is 2.71 bits per heavy atom. The topological polar surface area (TPSA) is 77.2 Å². The molecule has 0 unspecified atom stereocenters. The van der Waals surface area contributed by atoms with E-state index in [9.17, 15) is 9.90 Å². The molecule has 1 aliphatic heterocycles. The highest BCUT2D eigenvalue weighted by molar-refractivity contribution is 5.83. The third kappa shape index (κ3) is 2.70. The van der Waals surface area contributed by atoms with Gasteiger partial charge in [-0.05, 0) is 24.3 Å². The number of aromatic hydroxyl groups is 1. The second-order valence-corrected chi connectivity index (χ2v) is 5.93. The van der Waals surface area contributed by atoms with Crippen LogP contribution in [-0.4, -0.2) is 31.4 Å². The summed E-state index contributed by atoms with van der Waals surface area (Å²) in [7, 11) is 0. The van der Waals surface area contributed by atoms with Crippen molar-refractivity contribution in [2.75, 3.05) is 26.3 Å². The summed E-state index contributed by atoms with van der Waals surface area (Å²) in [5.74, 6) is 1.01. The Kier molecular flexibility index (Phi) is 3.84. The van der Waals surface area contributed by atoms with Gasteiger partial charge in [-0.2, -0.15) is 0 Å². The molecule has 0 amide bonds. The maximum Gasteiger partial charge on any atom is 0.194 e. The van der Waals surface area contributed by atoms with Gasteiger partial charge in [0.1, 0.15) is 31.0 Å². The molecule has 24 heavy (non-hydrogen) atoms. The summed E-state index contributed by atoms with van der Waals surface area (Å²) in [6.45, 7) is 3.66. The van der Waals surface area contributed by atoms with E-state index in [2.05, 4.69) is 0 Å². The van der Waals surface area contributed by atoms with Crippen molar-refractivity contribution in [3.05, 3.63) is 52.4 Å². The number of phenolic OH excluding ortho intramolecular Hbond substituents is 1. The summed E-state index contributed by atoms with van der Waals surface area (Å²) in [5, 5.41) is 10.7. The van der Waals surface area contributed by atoms with Crippen LogP contribution in [0.5, 0.6) is 5.75 Å². The van der Waals surface area contributed by atoms with Gasteiger partial charge in [0.15, 0.2) is 16.9 Å². The molecular weight excluding hydrogens is 310 g/mol. The molecule has 0 bridgehead atoms. The van der Waals surface area contributed by atoms with Gasteiger partial charge in [-0.25, -0.2) is 0 Å². The quantitative estimate of drug-likeness (QED) is 0.755. The summed E-state index contributed by atoms with van der Waals surface area (Å²) in [6.07, 6.45) is 1.53. The fourth-order valence-electron chi connectivity index (χ4n) is 3.12. The van der Waals surface area contributed by atoms with Crippen molar-refractivity contribution in [2.45, 2.75) is 6.54 Å². The number of phenols is 1. The van der Waals surface area contributed by atoms with Crippen molar-refractivity contribution in [3.8, 4) is 17.3 Å². The number of quaternary nitrogens is 1. The van der Waals surface area contributed by atoms with E-state index in [0.29, 0.717) is 47.8 Å². The normalized spacial score (nSPS) is 15.8. The Balaban J connectivity index is 1.81. The zero-order valence-corrected chi connectivity index (χ0v) is 13.1. The number of fused-ring (bicyclic) bond motifs is 1. The van der Waals surface area contributed by atoms with Gasteiger partial charge in [0.2, 0.25) is 0 Å². The minimum absolute atomic E-state index is 0.125. The molecule has 2 N–H and O–H groups in total. The highest BCUT2D eigenvalue weighted by Crippen LogP contribution is 2.28. The van der Waals surface area contributed by atoms with E-state index < -0.39 is 0 Å². The molecule has 1 aliphatic rings. The number of benzene rings is 1. The second kappa shape index (κ2) is 6.14. The van der Waals surface area contributed by atoms with Gasteiger partial charge in [0, 0.05) is 6.07 Å². The molecule has 2 aromatic heterocycles. The van der Waals surface area contributed by atoms with Gasteiger partial charge in [-0.15, -0.1) is 0 Å². The Hall–Kier alpha value is -2.57. The van der Waals surface area contributed by atoms with Crippen molar-refractivity contribution in [2.24, 2.45) is 0 Å². The largest absolute Gasteiger partial charge is 0.507 e.